The van der Waals surface area contributed by atoms with Gasteiger partial charge in [-0.1, -0.05) is 42.5 Å². The standard InChI is InChI=1S/C24H25N5O2/c1-17-15-28(2)12-13-29(17)23-22(26-20-10-6-7-11-21(20)27-23)19(14-25)24(30)31-16-18-8-4-3-5-9-18/h3-11,17,26H,12-13,15-16H2,1-2H3/b22-19-. The fraction of sp³-hybridized carbons (Fsp3) is 0.292. The Morgan fingerprint density at radius 3 is 2.68 bits per heavy atom. The second-order valence-corrected chi connectivity index (χ2v) is 7.81. The van der Waals surface area contributed by atoms with Crippen LogP contribution in [0, 0.1) is 11.3 Å². The number of esters is 1. The lowest BCUT2D eigenvalue weighted by Gasteiger charge is -2.41. The first-order valence-electron chi connectivity index (χ1n) is 10.3. The number of para-hydroxylation sites is 2. The normalized spacial score (nSPS) is 20.1. The number of nitrogens with one attached hydrogen (secondary N) is 1. The molecule has 1 fully saturated rings. The molecular formula is C24H25N5O2. The molecule has 2 aromatic carbocycles. The lowest BCUT2D eigenvalue weighted by Crippen LogP contribution is -2.54. The summed E-state index contributed by atoms with van der Waals surface area (Å²) in [6.45, 7) is 4.72. The highest BCUT2D eigenvalue weighted by Gasteiger charge is 2.32. The minimum absolute atomic E-state index is 0.0738. The summed E-state index contributed by atoms with van der Waals surface area (Å²) < 4.78 is 5.46. The molecule has 2 aliphatic heterocycles. The fourth-order valence-corrected chi connectivity index (χ4v) is 3.87. The van der Waals surface area contributed by atoms with Crippen molar-refractivity contribution in [3.05, 3.63) is 71.4 Å². The average Bonchev–Trinajstić information content (AvgIpc) is 2.78. The van der Waals surface area contributed by atoms with Gasteiger partial charge in [-0.15, -0.1) is 0 Å². The number of ether oxygens (including phenoxy) is 1. The third kappa shape index (κ3) is 4.44. The fourth-order valence-electron chi connectivity index (χ4n) is 3.87. The molecule has 31 heavy (non-hydrogen) atoms. The van der Waals surface area contributed by atoms with Gasteiger partial charge in [0.25, 0.3) is 0 Å². The molecule has 0 saturated carbocycles. The molecule has 0 radical (unpaired) electrons. The van der Waals surface area contributed by atoms with E-state index < -0.39 is 5.97 Å². The molecule has 0 bridgehead atoms. The van der Waals surface area contributed by atoms with Gasteiger partial charge in [0.2, 0.25) is 0 Å². The lowest BCUT2D eigenvalue weighted by molar-refractivity contribution is -0.139. The van der Waals surface area contributed by atoms with Crippen LogP contribution in [0.15, 0.2) is 70.9 Å². The van der Waals surface area contributed by atoms with E-state index in [1.807, 2.05) is 54.6 Å². The molecule has 0 spiro atoms. The molecular weight excluding hydrogens is 390 g/mol. The van der Waals surface area contributed by atoms with Crippen molar-refractivity contribution >= 4 is 23.2 Å². The number of rotatable bonds is 3. The van der Waals surface area contributed by atoms with Gasteiger partial charge in [0.1, 0.15) is 18.4 Å². The van der Waals surface area contributed by atoms with Crippen molar-refractivity contribution in [3.8, 4) is 6.07 Å². The van der Waals surface area contributed by atoms with E-state index >= 15 is 0 Å². The number of hydrogen-bond acceptors (Lipinski definition) is 7. The van der Waals surface area contributed by atoms with Gasteiger partial charge >= 0.3 is 5.97 Å². The summed E-state index contributed by atoms with van der Waals surface area (Å²) >= 11 is 0. The number of nitriles is 1. The van der Waals surface area contributed by atoms with Crippen LogP contribution in [-0.2, 0) is 16.1 Å². The van der Waals surface area contributed by atoms with Gasteiger partial charge in [0.15, 0.2) is 11.4 Å². The molecule has 1 unspecified atom stereocenters. The minimum Gasteiger partial charge on any atom is -0.457 e. The highest BCUT2D eigenvalue weighted by molar-refractivity contribution is 6.12. The van der Waals surface area contributed by atoms with E-state index in [0.717, 1.165) is 36.6 Å². The van der Waals surface area contributed by atoms with Gasteiger partial charge in [-0.3, -0.25) is 0 Å². The van der Waals surface area contributed by atoms with Crippen LogP contribution in [-0.4, -0.2) is 54.3 Å². The molecule has 2 aliphatic rings. The number of likely N-dealkylation sites (N-methyl/N-ethyl adjacent to an activating group) is 1. The van der Waals surface area contributed by atoms with Crippen LogP contribution in [0.3, 0.4) is 0 Å². The number of hydrogen-bond donors (Lipinski definition) is 1. The third-order valence-corrected chi connectivity index (χ3v) is 5.49. The van der Waals surface area contributed by atoms with Gasteiger partial charge in [-0.25, -0.2) is 9.79 Å². The lowest BCUT2D eigenvalue weighted by atomic mass is 10.1. The Hall–Kier alpha value is -3.63. The Morgan fingerprint density at radius 1 is 1.19 bits per heavy atom. The largest absolute Gasteiger partial charge is 0.457 e. The number of nitrogens with zero attached hydrogens (tertiary/aromatic N) is 4. The van der Waals surface area contributed by atoms with Crippen LogP contribution in [0.2, 0.25) is 0 Å². The maximum atomic E-state index is 12.9. The van der Waals surface area contributed by atoms with Crippen molar-refractivity contribution < 1.29 is 9.53 Å². The molecule has 1 saturated heterocycles. The maximum absolute atomic E-state index is 12.9. The molecule has 0 aliphatic carbocycles. The van der Waals surface area contributed by atoms with Gasteiger partial charge < -0.3 is 19.9 Å². The second-order valence-electron chi connectivity index (χ2n) is 7.81. The zero-order valence-corrected chi connectivity index (χ0v) is 17.7. The van der Waals surface area contributed by atoms with E-state index in [9.17, 15) is 10.1 Å². The molecule has 0 amide bonds. The molecule has 0 aromatic heterocycles. The van der Waals surface area contributed by atoms with E-state index in [1.165, 1.54) is 0 Å². The topological polar surface area (TPSA) is 81.0 Å². The van der Waals surface area contributed by atoms with Crippen LogP contribution in [0.1, 0.15) is 12.5 Å². The first kappa shape index (κ1) is 20.6. The van der Waals surface area contributed by atoms with Crippen molar-refractivity contribution in [2.75, 3.05) is 32.0 Å². The monoisotopic (exact) mass is 415 g/mol. The van der Waals surface area contributed by atoms with Gasteiger partial charge in [-0.2, -0.15) is 5.26 Å². The summed E-state index contributed by atoms with van der Waals surface area (Å²) in [6.07, 6.45) is 0. The number of carbonyl (C=O) groups excluding carboxylic acids is 1. The Morgan fingerprint density at radius 2 is 1.94 bits per heavy atom. The SMILES string of the molecule is CC1CN(C)CCN1C1=Nc2ccccc2N/C1=C(/C#N)C(=O)OCc1ccccc1. The highest BCUT2D eigenvalue weighted by atomic mass is 16.5. The van der Waals surface area contributed by atoms with Crippen molar-refractivity contribution in [2.24, 2.45) is 4.99 Å². The Balaban J connectivity index is 1.69. The molecule has 4 rings (SSSR count). The third-order valence-electron chi connectivity index (χ3n) is 5.49. The molecule has 1 atom stereocenters. The van der Waals surface area contributed by atoms with Crippen LogP contribution < -0.4 is 5.32 Å². The molecule has 158 valence electrons. The first-order chi connectivity index (χ1) is 15.1. The number of benzene rings is 2. The van der Waals surface area contributed by atoms with E-state index in [4.69, 9.17) is 9.73 Å². The zero-order chi connectivity index (χ0) is 21.8. The summed E-state index contributed by atoms with van der Waals surface area (Å²) in [5.41, 5.74) is 2.72. The van der Waals surface area contributed by atoms with Crippen LogP contribution in [0.25, 0.3) is 0 Å². The van der Waals surface area contributed by atoms with Crippen LogP contribution >= 0.6 is 0 Å². The summed E-state index contributed by atoms with van der Waals surface area (Å²) in [5.74, 6) is -0.0600. The van der Waals surface area contributed by atoms with Gasteiger partial charge in [-0.05, 0) is 31.7 Å². The van der Waals surface area contributed by atoms with Crippen molar-refractivity contribution in [3.63, 3.8) is 0 Å². The van der Waals surface area contributed by atoms with E-state index in [-0.39, 0.29) is 18.2 Å². The zero-order valence-electron chi connectivity index (χ0n) is 17.7. The number of carbonyl (C=O) groups is 1. The second kappa shape index (κ2) is 9.02. The van der Waals surface area contributed by atoms with E-state index in [0.29, 0.717) is 11.5 Å². The smallest absolute Gasteiger partial charge is 0.351 e. The van der Waals surface area contributed by atoms with Gasteiger partial charge in [0, 0.05) is 25.7 Å². The van der Waals surface area contributed by atoms with Crippen LogP contribution in [0.4, 0.5) is 11.4 Å². The number of amidine groups is 1. The number of aliphatic imine (C=N–C) groups is 1. The van der Waals surface area contributed by atoms with Crippen molar-refractivity contribution in [1.82, 2.24) is 9.80 Å². The molecule has 1 N–H and O–H groups in total. The number of anilines is 1. The Labute approximate surface area is 182 Å². The minimum atomic E-state index is -0.664. The predicted octanol–water partition coefficient (Wildman–Crippen LogP) is 3.30. The predicted molar refractivity (Wildman–Crippen MR) is 120 cm³/mol. The van der Waals surface area contributed by atoms with Crippen molar-refractivity contribution in [2.45, 2.75) is 19.6 Å². The molecule has 2 aromatic rings. The summed E-state index contributed by atoms with van der Waals surface area (Å²) in [4.78, 5) is 22.1. The number of piperazine rings is 1. The van der Waals surface area contributed by atoms with Crippen LogP contribution in [0.5, 0.6) is 0 Å². The summed E-state index contributed by atoms with van der Waals surface area (Å²) in [5, 5.41) is 13.2. The molecule has 7 heteroatoms. The summed E-state index contributed by atoms with van der Waals surface area (Å²) in [6, 6.07) is 19.3. The van der Waals surface area contributed by atoms with E-state index in [1.54, 1.807) is 0 Å². The number of fused-ring (bicyclic) bond motifs is 1. The maximum Gasteiger partial charge on any atom is 0.351 e. The Bertz CT molecular complexity index is 1070. The quantitative estimate of drug-likeness (QED) is 0.471. The molecule has 2 heterocycles. The molecule has 7 nitrogen and oxygen atoms in total. The van der Waals surface area contributed by atoms with E-state index in [2.05, 4.69) is 35.2 Å². The van der Waals surface area contributed by atoms with Gasteiger partial charge in [0.05, 0.1) is 11.4 Å². The summed E-state index contributed by atoms with van der Waals surface area (Å²) in [7, 11) is 2.09. The first-order valence-corrected chi connectivity index (χ1v) is 10.3. The average molecular weight is 415 g/mol. The Kier molecular flexibility index (Phi) is 6.01. The highest BCUT2D eigenvalue weighted by Crippen LogP contribution is 2.33. The van der Waals surface area contributed by atoms with Crippen molar-refractivity contribution in [1.29, 1.82) is 5.26 Å².